The molecule has 3 N–H and O–H groups in total. The molecule has 0 spiro atoms. The summed E-state index contributed by atoms with van der Waals surface area (Å²) in [5.74, 6) is 0.0648. The van der Waals surface area contributed by atoms with Gasteiger partial charge in [-0.15, -0.1) is 0 Å². The summed E-state index contributed by atoms with van der Waals surface area (Å²) in [7, 11) is 0. The lowest BCUT2D eigenvalue weighted by Gasteiger charge is -2.15. The van der Waals surface area contributed by atoms with E-state index in [1.165, 1.54) is 0 Å². The van der Waals surface area contributed by atoms with Gasteiger partial charge in [0.05, 0.1) is 5.66 Å². The van der Waals surface area contributed by atoms with Gasteiger partial charge in [0.25, 0.3) is 0 Å². The molecule has 0 bridgehead atoms. The lowest BCUT2D eigenvalue weighted by Crippen LogP contribution is -2.46. The number of carbonyl (C=O) groups is 1. The van der Waals surface area contributed by atoms with Crippen molar-refractivity contribution in [1.82, 2.24) is 5.32 Å². The number of hydrogen-bond donors (Lipinski definition) is 2. The van der Waals surface area contributed by atoms with Gasteiger partial charge in [0.1, 0.15) is 0 Å². The average Bonchev–Trinajstić information content (AvgIpc) is 1.82. The second-order valence-corrected chi connectivity index (χ2v) is 2.47. The van der Waals surface area contributed by atoms with Crippen LogP contribution in [0.25, 0.3) is 0 Å². The first-order valence-corrected chi connectivity index (χ1v) is 2.70. The highest BCUT2D eigenvalue weighted by molar-refractivity contribution is 5.79. The minimum Gasteiger partial charge on any atom is -0.339 e. The molecule has 3 nitrogen and oxygen atoms in total. The normalized spacial score (nSPS) is 37.5. The number of nitrogens with two attached hydrogens (primary N) is 1. The maximum atomic E-state index is 10.5. The number of hydrogen-bond acceptors (Lipinski definition) is 2. The molecule has 0 aromatic rings. The monoisotopic (exact) mass is 114 g/mol. The zero-order valence-corrected chi connectivity index (χ0v) is 4.90. The largest absolute Gasteiger partial charge is 0.339 e. The van der Waals surface area contributed by atoms with E-state index in [-0.39, 0.29) is 5.91 Å². The fourth-order valence-electron chi connectivity index (χ4n) is 0.817. The van der Waals surface area contributed by atoms with Crippen molar-refractivity contribution in [2.75, 3.05) is 0 Å². The third-order valence-electron chi connectivity index (χ3n) is 1.30. The van der Waals surface area contributed by atoms with Crippen molar-refractivity contribution in [3.8, 4) is 0 Å². The van der Waals surface area contributed by atoms with Gasteiger partial charge in [0.15, 0.2) is 0 Å². The summed E-state index contributed by atoms with van der Waals surface area (Å²) in [6, 6.07) is 0. The van der Waals surface area contributed by atoms with Crippen molar-refractivity contribution in [1.29, 1.82) is 0 Å². The molecule has 1 atom stereocenters. The molecular formula is C5H10N2O. The Hall–Kier alpha value is -0.570. The molecular weight excluding hydrogens is 104 g/mol. The molecule has 1 aliphatic rings. The van der Waals surface area contributed by atoms with Crippen molar-refractivity contribution in [3.05, 3.63) is 0 Å². The summed E-state index contributed by atoms with van der Waals surface area (Å²) in [4.78, 5) is 10.5. The SMILES string of the molecule is C[C@@]1(N)CCC(=O)N1. The van der Waals surface area contributed by atoms with Gasteiger partial charge < -0.3 is 11.1 Å². The summed E-state index contributed by atoms with van der Waals surface area (Å²) in [6.07, 6.45) is 1.33. The molecule has 8 heavy (non-hydrogen) atoms. The molecule has 1 saturated heterocycles. The molecule has 0 saturated carbocycles. The Kier molecular flexibility index (Phi) is 1.01. The Morgan fingerprint density at radius 1 is 1.88 bits per heavy atom. The molecule has 1 heterocycles. The summed E-state index contributed by atoms with van der Waals surface area (Å²) in [6.45, 7) is 1.82. The molecule has 0 aliphatic carbocycles. The topological polar surface area (TPSA) is 55.1 Å². The van der Waals surface area contributed by atoms with E-state index in [0.717, 1.165) is 6.42 Å². The van der Waals surface area contributed by atoms with Gasteiger partial charge in [-0.1, -0.05) is 0 Å². The maximum absolute atomic E-state index is 10.5. The lowest BCUT2D eigenvalue weighted by atomic mass is 10.2. The van der Waals surface area contributed by atoms with Gasteiger partial charge >= 0.3 is 0 Å². The van der Waals surface area contributed by atoms with Crippen LogP contribution in [-0.2, 0) is 4.79 Å². The third-order valence-corrected chi connectivity index (χ3v) is 1.30. The summed E-state index contributed by atoms with van der Waals surface area (Å²) >= 11 is 0. The zero-order valence-electron chi connectivity index (χ0n) is 4.90. The van der Waals surface area contributed by atoms with Crippen LogP contribution in [0.5, 0.6) is 0 Å². The summed E-state index contributed by atoms with van der Waals surface area (Å²) < 4.78 is 0. The maximum Gasteiger partial charge on any atom is 0.221 e. The van der Waals surface area contributed by atoms with E-state index >= 15 is 0 Å². The molecule has 0 aromatic heterocycles. The molecule has 3 heteroatoms. The second kappa shape index (κ2) is 1.45. The Balaban J connectivity index is 2.56. The van der Waals surface area contributed by atoms with Crippen LogP contribution in [0.4, 0.5) is 0 Å². The van der Waals surface area contributed by atoms with Gasteiger partial charge in [0, 0.05) is 6.42 Å². The van der Waals surface area contributed by atoms with Gasteiger partial charge in [0.2, 0.25) is 5.91 Å². The zero-order chi connectivity index (χ0) is 6.20. The molecule has 1 fully saturated rings. The third kappa shape index (κ3) is 0.980. The smallest absolute Gasteiger partial charge is 0.221 e. The number of nitrogens with one attached hydrogen (secondary N) is 1. The highest BCUT2D eigenvalue weighted by atomic mass is 16.2. The minimum absolute atomic E-state index is 0.0648. The van der Waals surface area contributed by atoms with Gasteiger partial charge in [-0.25, -0.2) is 0 Å². The molecule has 0 unspecified atom stereocenters. The Morgan fingerprint density at radius 2 is 2.50 bits per heavy atom. The van der Waals surface area contributed by atoms with E-state index in [9.17, 15) is 4.79 Å². The quantitative estimate of drug-likeness (QED) is 0.449. The Morgan fingerprint density at radius 3 is 2.62 bits per heavy atom. The first-order chi connectivity index (χ1) is 3.60. The number of carbonyl (C=O) groups excluding carboxylic acids is 1. The van der Waals surface area contributed by atoms with E-state index in [0.29, 0.717) is 6.42 Å². The van der Waals surface area contributed by atoms with Crippen molar-refractivity contribution >= 4 is 5.91 Å². The van der Waals surface area contributed by atoms with Crippen LogP contribution < -0.4 is 11.1 Å². The van der Waals surface area contributed by atoms with E-state index in [2.05, 4.69) is 5.32 Å². The molecule has 0 aromatic carbocycles. The van der Waals surface area contributed by atoms with Crippen LogP contribution >= 0.6 is 0 Å². The van der Waals surface area contributed by atoms with Gasteiger partial charge in [-0.05, 0) is 13.3 Å². The Labute approximate surface area is 48.2 Å². The van der Waals surface area contributed by atoms with Crippen LogP contribution in [0, 0.1) is 0 Å². The molecule has 46 valence electrons. The average molecular weight is 114 g/mol. The fourth-order valence-corrected chi connectivity index (χ4v) is 0.817. The lowest BCUT2D eigenvalue weighted by molar-refractivity contribution is -0.119. The highest BCUT2D eigenvalue weighted by Gasteiger charge is 2.27. The van der Waals surface area contributed by atoms with E-state index in [4.69, 9.17) is 5.73 Å². The molecule has 0 radical (unpaired) electrons. The molecule has 1 rings (SSSR count). The van der Waals surface area contributed by atoms with Gasteiger partial charge in [-0.3, -0.25) is 4.79 Å². The van der Waals surface area contributed by atoms with Crippen LogP contribution in [0.15, 0.2) is 0 Å². The van der Waals surface area contributed by atoms with Crippen molar-refractivity contribution < 1.29 is 4.79 Å². The van der Waals surface area contributed by atoms with Crippen LogP contribution in [0.1, 0.15) is 19.8 Å². The van der Waals surface area contributed by atoms with Crippen LogP contribution in [-0.4, -0.2) is 11.6 Å². The molecule has 1 amide bonds. The van der Waals surface area contributed by atoms with E-state index < -0.39 is 5.66 Å². The summed E-state index contributed by atoms with van der Waals surface area (Å²) in [5, 5.41) is 2.63. The van der Waals surface area contributed by atoms with Crippen LogP contribution in [0.2, 0.25) is 0 Å². The van der Waals surface area contributed by atoms with E-state index in [1.54, 1.807) is 0 Å². The first-order valence-electron chi connectivity index (χ1n) is 2.70. The minimum atomic E-state index is -0.433. The van der Waals surface area contributed by atoms with E-state index in [1.807, 2.05) is 6.92 Å². The highest BCUT2D eigenvalue weighted by Crippen LogP contribution is 2.11. The van der Waals surface area contributed by atoms with Crippen LogP contribution in [0.3, 0.4) is 0 Å². The predicted octanol–water partition coefficient (Wildman–Crippen LogP) is -0.429. The van der Waals surface area contributed by atoms with Crippen molar-refractivity contribution in [2.45, 2.75) is 25.4 Å². The van der Waals surface area contributed by atoms with Crippen molar-refractivity contribution in [2.24, 2.45) is 5.73 Å². The first kappa shape index (κ1) is 5.56. The summed E-state index contributed by atoms with van der Waals surface area (Å²) in [5.41, 5.74) is 5.10. The van der Waals surface area contributed by atoms with Gasteiger partial charge in [-0.2, -0.15) is 0 Å². The predicted molar refractivity (Wildman–Crippen MR) is 30.0 cm³/mol. The standard InChI is InChI=1S/C5H10N2O/c1-5(6)3-2-4(8)7-5/h2-3,6H2,1H3,(H,7,8)/t5-/m0/s1. The Bertz CT molecular complexity index is 120. The fraction of sp³-hybridized carbons (Fsp3) is 0.800. The number of rotatable bonds is 0. The number of amides is 1. The van der Waals surface area contributed by atoms with Crippen molar-refractivity contribution in [3.63, 3.8) is 0 Å². The second-order valence-electron chi connectivity index (χ2n) is 2.47. The molecule has 1 aliphatic heterocycles.